The predicted octanol–water partition coefficient (Wildman–Crippen LogP) is 4.58. The van der Waals surface area contributed by atoms with E-state index in [1.165, 1.54) is 5.56 Å². The first-order valence-electron chi connectivity index (χ1n) is 8.87. The Morgan fingerprint density at radius 1 is 0.963 bits per heavy atom. The minimum atomic E-state index is 0.249. The summed E-state index contributed by atoms with van der Waals surface area (Å²) in [6, 6.07) is 23.7. The molecule has 0 unspecified atom stereocenters. The molecule has 138 valence electrons. The zero-order valence-electron chi connectivity index (χ0n) is 15.1. The zero-order valence-corrected chi connectivity index (χ0v) is 15.9. The van der Waals surface area contributed by atoms with E-state index >= 15 is 0 Å². The lowest BCUT2D eigenvalue weighted by Gasteiger charge is -2.16. The summed E-state index contributed by atoms with van der Waals surface area (Å²) < 4.78 is 5.63. The summed E-state index contributed by atoms with van der Waals surface area (Å²) in [5.74, 6) is 1.72. The highest BCUT2D eigenvalue weighted by Gasteiger charge is 2.07. The molecule has 0 amide bonds. The maximum absolute atomic E-state index is 5.63. The van der Waals surface area contributed by atoms with Crippen LogP contribution in [0, 0.1) is 0 Å². The van der Waals surface area contributed by atoms with Crippen molar-refractivity contribution in [2.45, 2.75) is 25.8 Å². The minimum absolute atomic E-state index is 0.249. The van der Waals surface area contributed by atoms with E-state index in [0.29, 0.717) is 16.8 Å². The summed E-state index contributed by atoms with van der Waals surface area (Å²) in [5.41, 5.74) is 1.32. The van der Waals surface area contributed by atoms with Crippen LogP contribution in [-0.4, -0.2) is 21.4 Å². The Labute approximate surface area is 164 Å². The second kappa shape index (κ2) is 9.64. The monoisotopic (exact) mass is 378 g/mol. The third-order valence-electron chi connectivity index (χ3n) is 3.93. The number of para-hydroxylation sites is 1. The number of thiocarbonyl (C=S) groups is 1. The molecule has 2 N–H and O–H groups in total. The maximum Gasteiger partial charge on any atom is 0.238 e. The van der Waals surface area contributed by atoms with Crippen molar-refractivity contribution in [3.63, 3.8) is 0 Å². The van der Waals surface area contributed by atoms with Crippen LogP contribution in [0.15, 0.2) is 72.8 Å². The molecule has 0 aliphatic rings. The number of nitrogens with one attached hydrogen (secondary N) is 2. The number of rotatable bonds is 7. The van der Waals surface area contributed by atoms with Crippen molar-refractivity contribution in [3.8, 4) is 11.6 Å². The summed E-state index contributed by atoms with van der Waals surface area (Å²) in [7, 11) is 0. The highest BCUT2D eigenvalue weighted by atomic mass is 32.1. The molecule has 3 rings (SSSR count). The van der Waals surface area contributed by atoms with Crippen LogP contribution < -0.4 is 15.4 Å². The van der Waals surface area contributed by atoms with Gasteiger partial charge in [0.15, 0.2) is 10.9 Å². The van der Waals surface area contributed by atoms with Crippen LogP contribution in [0.3, 0.4) is 0 Å². The number of anilines is 1. The van der Waals surface area contributed by atoms with Gasteiger partial charge in [-0.05, 0) is 55.7 Å². The van der Waals surface area contributed by atoms with Crippen LogP contribution >= 0.6 is 12.2 Å². The van der Waals surface area contributed by atoms with Gasteiger partial charge in [-0.2, -0.15) is 0 Å². The van der Waals surface area contributed by atoms with Gasteiger partial charge in [-0.15, -0.1) is 10.2 Å². The van der Waals surface area contributed by atoms with Gasteiger partial charge in [-0.1, -0.05) is 48.5 Å². The van der Waals surface area contributed by atoms with Gasteiger partial charge in [0.05, 0.1) is 0 Å². The lowest BCUT2D eigenvalue weighted by molar-refractivity contribution is 0.455. The largest absolute Gasteiger partial charge is 0.438 e. The number of aryl methyl sites for hydroxylation is 1. The molecular weight excluding hydrogens is 356 g/mol. The van der Waals surface area contributed by atoms with Crippen molar-refractivity contribution in [1.82, 2.24) is 15.5 Å². The van der Waals surface area contributed by atoms with Crippen LogP contribution in [0.1, 0.15) is 18.9 Å². The van der Waals surface area contributed by atoms with Gasteiger partial charge in [0.1, 0.15) is 5.75 Å². The average Bonchev–Trinajstić information content (AvgIpc) is 2.69. The smallest absolute Gasteiger partial charge is 0.238 e. The SMILES string of the molecule is C[C@@H](CCc1ccccc1)NC(=S)Nc1ccc(Oc2ccccc2)nn1. The second-order valence-electron chi connectivity index (χ2n) is 6.20. The molecule has 1 heterocycles. The van der Waals surface area contributed by atoms with E-state index in [1.54, 1.807) is 12.1 Å². The standard InChI is InChI=1S/C21H22N4OS/c1-16(12-13-17-8-4-2-5-9-17)22-21(27)23-19-14-15-20(25-24-19)26-18-10-6-3-7-11-18/h2-11,14-16H,12-13H2,1H3,(H2,22,23,24,27)/t16-/m0/s1. The van der Waals surface area contributed by atoms with E-state index in [1.807, 2.05) is 36.4 Å². The van der Waals surface area contributed by atoms with E-state index in [9.17, 15) is 0 Å². The third-order valence-corrected chi connectivity index (χ3v) is 4.15. The fourth-order valence-electron chi connectivity index (χ4n) is 2.53. The molecule has 5 nitrogen and oxygen atoms in total. The van der Waals surface area contributed by atoms with Gasteiger partial charge in [0, 0.05) is 12.1 Å². The van der Waals surface area contributed by atoms with Gasteiger partial charge in [0.2, 0.25) is 5.88 Å². The van der Waals surface area contributed by atoms with Crippen LogP contribution in [0.25, 0.3) is 0 Å². The first-order valence-corrected chi connectivity index (χ1v) is 9.28. The fourth-order valence-corrected chi connectivity index (χ4v) is 2.83. The average molecular weight is 379 g/mol. The van der Waals surface area contributed by atoms with E-state index < -0.39 is 0 Å². The highest BCUT2D eigenvalue weighted by molar-refractivity contribution is 7.80. The molecule has 27 heavy (non-hydrogen) atoms. The maximum atomic E-state index is 5.63. The van der Waals surface area contributed by atoms with Crippen LogP contribution in [0.5, 0.6) is 11.6 Å². The lowest BCUT2D eigenvalue weighted by Crippen LogP contribution is -2.36. The summed E-state index contributed by atoms with van der Waals surface area (Å²) in [6.45, 7) is 2.11. The van der Waals surface area contributed by atoms with Crippen molar-refractivity contribution in [1.29, 1.82) is 0 Å². The molecule has 0 spiro atoms. The molecular formula is C21H22N4OS. The Kier molecular flexibility index (Phi) is 6.71. The number of benzene rings is 2. The molecule has 0 fully saturated rings. The molecule has 0 radical (unpaired) electrons. The second-order valence-corrected chi connectivity index (χ2v) is 6.60. The van der Waals surface area contributed by atoms with Gasteiger partial charge >= 0.3 is 0 Å². The first kappa shape index (κ1) is 18.8. The molecule has 0 saturated heterocycles. The molecule has 6 heteroatoms. The van der Waals surface area contributed by atoms with Crippen LogP contribution in [0.4, 0.5) is 5.82 Å². The number of ether oxygens (including phenoxy) is 1. The zero-order chi connectivity index (χ0) is 18.9. The first-order chi connectivity index (χ1) is 13.2. The highest BCUT2D eigenvalue weighted by Crippen LogP contribution is 2.18. The minimum Gasteiger partial charge on any atom is -0.438 e. The fraction of sp³-hybridized carbons (Fsp3) is 0.190. The number of hydrogen-bond acceptors (Lipinski definition) is 4. The van der Waals surface area contributed by atoms with Crippen molar-refractivity contribution >= 4 is 23.1 Å². The van der Waals surface area contributed by atoms with Crippen molar-refractivity contribution < 1.29 is 4.74 Å². The molecule has 0 aliphatic heterocycles. The predicted molar refractivity (Wildman–Crippen MR) is 112 cm³/mol. The summed E-state index contributed by atoms with van der Waals surface area (Å²) >= 11 is 5.36. The molecule has 1 atom stereocenters. The normalized spacial score (nSPS) is 11.4. The number of hydrogen-bond donors (Lipinski definition) is 2. The Hall–Kier alpha value is -2.99. The lowest BCUT2D eigenvalue weighted by atomic mass is 10.1. The van der Waals surface area contributed by atoms with Crippen LogP contribution in [-0.2, 0) is 6.42 Å². The Morgan fingerprint density at radius 2 is 1.67 bits per heavy atom. The summed E-state index contributed by atoms with van der Waals surface area (Å²) in [5, 5.41) is 15.0. The summed E-state index contributed by atoms with van der Waals surface area (Å²) in [4.78, 5) is 0. The molecule has 2 aromatic carbocycles. The van der Waals surface area contributed by atoms with Crippen molar-refractivity contribution in [2.75, 3.05) is 5.32 Å². The van der Waals surface area contributed by atoms with E-state index in [0.717, 1.165) is 18.6 Å². The number of aromatic nitrogens is 2. The summed E-state index contributed by atoms with van der Waals surface area (Å²) in [6.07, 6.45) is 1.99. The van der Waals surface area contributed by atoms with Gasteiger partial charge < -0.3 is 15.4 Å². The molecule has 1 aromatic heterocycles. The molecule has 0 aliphatic carbocycles. The third kappa shape index (κ3) is 6.34. The van der Waals surface area contributed by atoms with Crippen molar-refractivity contribution in [2.24, 2.45) is 0 Å². The molecule has 3 aromatic rings. The Bertz CT molecular complexity index is 841. The van der Waals surface area contributed by atoms with E-state index in [-0.39, 0.29) is 6.04 Å². The Morgan fingerprint density at radius 3 is 2.33 bits per heavy atom. The van der Waals surface area contributed by atoms with E-state index in [4.69, 9.17) is 17.0 Å². The van der Waals surface area contributed by atoms with Crippen molar-refractivity contribution in [3.05, 3.63) is 78.4 Å². The van der Waals surface area contributed by atoms with Crippen LogP contribution in [0.2, 0.25) is 0 Å². The van der Waals surface area contributed by atoms with Gasteiger partial charge in [-0.25, -0.2) is 0 Å². The molecule has 0 saturated carbocycles. The van der Waals surface area contributed by atoms with Gasteiger partial charge in [-0.3, -0.25) is 0 Å². The molecule has 0 bridgehead atoms. The number of nitrogens with zero attached hydrogens (tertiary/aromatic N) is 2. The quantitative estimate of drug-likeness (QED) is 0.587. The van der Waals surface area contributed by atoms with Gasteiger partial charge in [0.25, 0.3) is 0 Å². The van der Waals surface area contributed by atoms with E-state index in [2.05, 4.69) is 52.0 Å². The topological polar surface area (TPSA) is 59.1 Å². The Balaban J connectivity index is 1.44.